The van der Waals surface area contributed by atoms with Crippen molar-refractivity contribution in [2.45, 2.75) is 51.6 Å². The Labute approximate surface area is 101 Å². The standard InChI is InChI=1S/C13H28N2O/c1-5-7-12-10-15(9-6-8-14-12)13(2,3)11-16-4/h12,14H,5-11H2,1-4H3. The third-order valence-electron chi connectivity index (χ3n) is 3.47. The minimum absolute atomic E-state index is 0.159. The van der Waals surface area contributed by atoms with Crippen LogP contribution in [0.3, 0.4) is 0 Å². The smallest absolute Gasteiger partial charge is 0.0641 e. The van der Waals surface area contributed by atoms with E-state index in [1.54, 1.807) is 7.11 Å². The van der Waals surface area contributed by atoms with Crippen molar-refractivity contribution in [3.8, 4) is 0 Å². The molecule has 1 saturated heterocycles. The summed E-state index contributed by atoms with van der Waals surface area (Å²) in [7, 11) is 1.79. The minimum Gasteiger partial charge on any atom is -0.383 e. The van der Waals surface area contributed by atoms with E-state index in [2.05, 4.69) is 31.0 Å². The zero-order valence-corrected chi connectivity index (χ0v) is 11.4. The van der Waals surface area contributed by atoms with Crippen LogP contribution in [0.5, 0.6) is 0 Å². The van der Waals surface area contributed by atoms with Crippen LogP contribution in [0.1, 0.15) is 40.0 Å². The number of rotatable bonds is 5. The molecule has 96 valence electrons. The van der Waals surface area contributed by atoms with E-state index in [0.717, 1.165) is 19.7 Å². The van der Waals surface area contributed by atoms with E-state index >= 15 is 0 Å². The van der Waals surface area contributed by atoms with Crippen molar-refractivity contribution in [3.05, 3.63) is 0 Å². The van der Waals surface area contributed by atoms with Crippen molar-refractivity contribution in [1.82, 2.24) is 10.2 Å². The summed E-state index contributed by atoms with van der Waals surface area (Å²) in [6, 6.07) is 0.656. The first kappa shape index (κ1) is 13.9. The number of nitrogens with one attached hydrogen (secondary N) is 1. The summed E-state index contributed by atoms with van der Waals surface area (Å²) in [6.45, 7) is 11.1. The molecule has 3 nitrogen and oxygen atoms in total. The summed E-state index contributed by atoms with van der Waals surface area (Å²) in [4.78, 5) is 2.58. The van der Waals surface area contributed by atoms with Crippen LogP contribution in [0.4, 0.5) is 0 Å². The molecule has 0 aromatic rings. The van der Waals surface area contributed by atoms with Crippen LogP contribution >= 0.6 is 0 Å². The Kier molecular flexibility index (Phi) is 5.73. The fourth-order valence-electron chi connectivity index (χ4n) is 2.53. The highest BCUT2D eigenvalue weighted by atomic mass is 16.5. The molecule has 3 heteroatoms. The van der Waals surface area contributed by atoms with Gasteiger partial charge in [-0.05, 0) is 33.2 Å². The van der Waals surface area contributed by atoms with Crippen LogP contribution in [0, 0.1) is 0 Å². The first-order valence-corrected chi connectivity index (χ1v) is 6.57. The largest absolute Gasteiger partial charge is 0.383 e. The van der Waals surface area contributed by atoms with E-state index in [4.69, 9.17) is 4.74 Å². The van der Waals surface area contributed by atoms with Crippen LogP contribution in [-0.2, 0) is 4.74 Å². The molecule has 16 heavy (non-hydrogen) atoms. The van der Waals surface area contributed by atoms with Gasteiger partial charge >= 0.3 is 0 Å². The molecule has 0 saturated carbocycles. The molecule has 0 amide bonds. The highest BCUT2D eigenvalue weighted by Crippen LogP contribution is 2.18. The van der Waals surface area contributed by atoms with Gasteiger partial charge in [0.1, 0.15) is 0 Å². The molecule has 0 radical (unpaired) electrons. The van der Waals surface area contributed by atoms with Crippen molar-refractivity contribution < 1.29 is 4.74 Å². The number of methoxy groups -OCH3 is 1. The third-order valence-corrected chi connectivity index (χ3v) is 3.47. The predicted octanol–water partition coefficient (Wildman–Crippen LogP) is 1.88. The van der Waals surface area contributed by atoms with E-state index in [1.807, 2.05) is 0 Å². The molecule has 1 atom stereocenters. The Morgan fingerprint density at radius 3 is 2.81 bits per heavy atom. The zero-order chi connectivity index (χ0) is 12.0. The lowest BCUT2D eigenvalue weighted by molar-refractivity contribution is 0.0321. The Bertz CT molecular complexity index is 194. The van der Waals surface area contributed by atoms with Gasteiger partial charge in [0.05, 0.1) is 6.61 Å². The number of hydrogen-bond donors (Lipinski definition) is 1. The third kappa shape index (κ3) is 4.04. The Morgan fingerprint density at radius 1 is 1.44 bits per heavy atom. The van der Waals surface area contributed by atoms with Gasteiger partial charge in [0.15, 0.2) is 0 Å². The van der Waals surface area contributed by atoms with Crippen LogP contribution in [0.25, 0.3) is 0 Å². The highest BCUT2D eigenvalue weighted by Gasteiger charge is 2.29. The van der Waals surface area contributed by atoms with E-state index in [9.17, 15) is 0 Å². The monoisotopic (exact) mass is 228 g/mol. The topological polar surface area (TPSA) is 24.5 Å². The highest BCUT2D eigenvalue weighted by molar-refractivity contribution is 4.86. The molecular formula is C13H28N2O. The van der Waals surface area contributed by atoms with Crippen molar-refractivity contribution in [2.75, 3.05) is 33.4 Å². The summed E-state index contributed by atoms with van der Waals surface area (Å²) in [6.07, 6.45) is 3.78. The molecule has 0 aromatic heterocycles. The van der Waals surface area contributed by atoms with Crippen molar-refractivity contribution in [3.63, 3.8) is 0 Å². The molecule has 1 aliphatic heterocycles. The predicted molar refractivity (Wildman–Crippen MR) is 68.8 cm³/mol. The molecule has 0 bridgehead atoms. The molecule has 1 N–H and O–H groups in total. The molecule has 1 heterocycles. The maximum Gasteiger partial charge on any atom is 0.0641 e. The molecule has 1 unspecified atom stereocenters. The van der Waals surface area contributed by atoms with Gasteiger partial charge in [-0.2, -0.15) is 0 Å². The molecule has 0 aromatic carbocycles. The lowest BCUT2D eigenvalue weighted by atomic mass is 10.0. The SMILES string of the molecule is CCCC1CN(C(C)(C)COC)CCCN1. The van der Waals surface area contributed by atoms with Gasteiger partial charge in [-0.15, -0.1) is 0 Å². The van der Waals surface area contributed by atoms with Gasteiger partial charge in [-0.3, -0.25) is 4.90 Å². The Morgan fingerprint density at radius 2 is 2.19 bits per heavy atom. The molecule has 0 aliphatic carbocycles. The van der Waals surface area contributed by atoms with Gasteiger partial charge < -0.3 is 10.1 Å². The van der Waals surface area contributed by atoms with E-state index in [1.165, 1.54) is 25.8 Å². The first-order valence-electron chi connectivity index (χ1n) is 6.57. The van der Waals surface area contributed by atoms with Crippen molar-refractivity contribution >= 4 is 0 Å². The number of nitrogens with zero attached hydrogens (tertiary/aromatic N) is 1. The van der Waals surface area contributed by atoms with Crippen molar-refractivity contribution in [2.24, 2.45) is 0 Å². The summed E-state index contributed by atoms with van der Waals surface area (Å²) >= 11 is 0. The minimum atomic E-state index is 0.159. The van der Waals surface area contributed by atoms with Gasteiger partial charge in [-0.25, -0.2) is 0 Å². The second-order valence-electron chi connectivity index (χ2n) is 5.48. The summed E-state index contributed by atoms with van der Waals surface area (Å²) < 4.78 is 5.33. The fourth-order valence-corrected chi connectivity index (χ4v) is 2.53. The molecular weight excluding hydrogens is 200 g/mol. The summed E-state index contributed by atoms with van der Waals surface area (Å²) in [5.74, 6) is 0. The maximum absolute atomic E-state index is 5.33. The first-order chi connectivity index (χ1) is 7.60. The molecule has 1 rings (SSSR count). The van der Waals surface area contributed by atoms with Gasteiger partial charge in [0, 0.05) is 31.8 Å². The van der Waals surface area contributed by atoms with E-state index in [0.29, 0.717) is 6.04 Å². The Balaban J connectivity index is 2.56. The summed E-state index contributed by atoms with van der Waals surface area (Å²) in [5, 5.41) is 3.64. The normalized spacial score (nSPS) is 24.4. The fraction of sp³-hybridized carbons (Fsp3) is 1.00. The lowest BCUT2D eigenvalue weighted by Crippen LogP contribution is -2.51. The second-order valence-corrected chi connectivity index (χ2v) is 5.48. The van der Waals surface area contributed by atoms with Gasteiger partial charge in [0.2, 0.25) is 0 Å². The quantitative estimate of drug-likeness (QED) is 0.777. The maximum atomic E-state index is 5.33. The summed E-state index contributed by atoms with van der Waals surface area (Å²) in [5.41, 5.74) is 0.159. The molecule has 1 aliphatic rings. The molecule has 0 spiro atoms. The van der Waals surface area contributed by atoms with Crippen LogP contribution in [-0.4, -0.2) is 49.8 Å². The van der Waals surface area contributed by atoms with Crippen LogP contribution in [0.15, 0.2) is 0 Å². The van der Waals surface area contributed by atoms with Crippen molar-refractivity contribution in [1.29, 1.82) is 0 Å². The van der Waals surface area contributed by atoms with Crippen LogP contribution in [0.2, 0.25) is 0 Å². The molecule has 1 fully saturated rings. The van der Waals surface area contributed by atoms with E-state index in [-0.39, 0.29) is 5.54 Å². The number of hydrogen-bond acceptors (Lipinski definition) is 3. The zero-order valence-electron chi connectivity index (χ0n) is 11.4. The number of ether oxygens (including phenoxy) is 1. The van der Waals surface area contributed by atoms with Crippen LogP contribution < -0.4 is 5.32 Å². The van der Waals surface area contributed by atoms with E-state index < -0.39 is 0 Å². The second kappa shape index (κ2) is 6.58. The Hall–Kier alpha value is -0.120. The van der Waals surface area contributed by atoms with Gasteiger partial charge in [-0.1, -0.05) is 13.3 Å². The average Bonchev–Trinajstić information content (AvgIpc) is 2.44. The lowest BCUT2D eigenvalue weighted by Gasteiger charge is -2.38. The van der Waals surface area contributed by atoms with Gasteiger partial charge in [0.25, 0.3) is 0 Å². The average molecular weight is 228 g/mol.